The second-order valence-electron chi connectivity index (χ2n) is 10.0. The number of hydrogen-bond acceptors (Lipinski definition) is 7. The smallest absolute Gasteiger partial charge is 0.326 e. The molecule has 2 atom stereocenters. The number of likely N-dealkylation sites (N-methyl/N-ethyl adjacent to an activating group) is 1. The summed E-state index contributed by atoms with van der Waals surface area (Å²) in [6, 6.07) is -3.02. The molecule has 0 radical (unpaired) electrons. The number of nitrogens with two attached hydrogens (primary N) is 1. The number of carbonyl (C=O) groups excluding carboxylic acids is 3. The zero-order valence-electron chi connectivity index (χ0n) is 21.3. The van der Waals surface area contributed by atoms with Gasteiger partial charge >= 0.3 is 11.9 Å². The van der Waals surface area contributed by atoms with Crippen LogP contribution >= 0.6 is 0 Å². The Bertz CT molecular complexity index is 778. The van der Waals surface area contributed by atoms with Gasteiger partial charge in [-0.1, -0.05) is 25.7 Å². The highest BCUT2D eigenvalue weighted by Crippen LogP contribution is 2.30. The Kier molecular flexibility index (Phi) is 12.3. The molecule has 1 saturated carbocycles. The summed E-state index contributed by atoms with van der Waals surface area (Å²) in [4.78, 5) is 64.5. The van der Waals surface area contributed by atoms with E-state index in [0.29, 0.717) is 17.2 Å². The number of hydrogen-bond donors (Lipinski definition) is 4. The average molecular weight is 511 g/mol. The molecule has 1 aliphatic heterocycles. The number of amides is 3. The number of nitrogens with zero attached hydrogens (tertiary/aromatic N) is 2. The highest BCUT2D eigenvalue weighted by molar-refractivity contribution is 6.03. The molecule has 1 heterocycles. The number of nitrogens with one attached hydrogen (secondary N) is 1. The van der Waals surface area contributed by atoms with Crippen LogP contribution < -0.4 is 11.1 Å². The summed E-state index contributed by atoms with van der Waals surface area (Å²) in [6.45, 7) is 3.44. The normalized spacial score (nSPS) is 18.4. The lowest BCUT2D eigenvalue weighted by molar-refractivity contribution is -0.161. The zero-order chi connectivity index (χ0) is 26.7. The van der Waals surface area contributed by atoms with Crippen molar-refractivity contribution >= 4 is 29.7 Å². The van der Waals surface area contributed by atoms with Gasteiger partial charge in [-0.25, -0.2) is 4.79 Å². The highest BCUT2D eigenvalue weighted by Gasteiger charge is 2.40. The van der Waals surface area contributed by atoms with Gasteiger partial charge in [0.05, 0.1) is 12.5 Å². The average Bonchev–Trinajstić information content (AvgIpc) is 3.35. The van der Waals surface area contributed by atoms with E-state index in [4.69, 9.17) is 10.8 Å². The van der Waals surface area contributed by atoms with Crippen molar-refractivity contribution < 1.29 is 34.2 Å². The molecule has 2 aliphatic rings. The molecular formula is C25H42N4O7. The minimum Gasteiger partial charge on any atom is -0.481 e. The maximum atomic E-state index is 13.3. The van der Waals surface area contributed by atoms with E-state index in [2.05, 4.69) is 5.32 Å². The molecule has 11 heteroatoms. The molecular weight excluding hydrogens is 468 g/mol. The maximum Gasteiger partial charge on any atom is 0.326 e. The first-order valence-corrected chi connectivity index (χ1v) is 13.2. The van der Waals surface area contributed by atoms with Crippen molar-refractivity contribution in [3.05, 3.63) is 0 Å². The Hall–Kier alpha value is -2.53. The van der Waals surface area contributed by atoms with Crippen LogP contribution in [0.2, 0.25) is 0 Å². The number of carboxylic acid groups (broad SMARTS) is 2. The van der Waals surface area contributed by atoms with Crippen LogP contribution in [0.15, 0.2) is 0 Å². The summed E-state index contributed by atoms with van der Waals surface area (Å²) in [7, 11) is 0. The van der Waals surface area contributed by atoms with Gasteiger partial charge in [0.1, 0.15) is 12.6 Å². The Morgan fingerprint density at radius 3 is 2.17 bits per heavy atom. The first-order valence-electron chi connectivity index (χ1n) is 13.2. The van der Waals surface area contributed by atoms with Crippen molar-refractivity contribution in [2.24, 2.45) is 17.6 Å². The SMILES string of the molecule is CCN(CC(=O)N(C(=O)[C@@H](N)CC(=O)O)[C@@H](CC1CCCC1)C(=O)O)C(=O)CCCC1CCNCC1. The Balaban J connectivity index is 2.11. The largest absolute Gasteiger partial charge is 0.481 e. The third-order valence-corrected chi connectivity index (χ3v) is 7.37. The Morgan fingerprint density at radius 1 is 0.972 bits per heavy atom. The van der Waals surface area contributed by atoms with Crippen molar-refractivity contribution in [1.29, 1.82) is 0 Å². The van der Waals surface area contributed by atoms with Crippen molar-refractivity contribution in [1.82, 2.24) is 15.1 Å². The fraction of sp³-hybridized carbons (Fsp3) is 0.800. The van der Waals surface area contributed by atoms with E-state index in [-0.39, 0.29) is 31.2 Å². The summed E-state index contributed by atoms with van der Waals surface area (Å²) in [5, 5.41) is 22.3. The topological polar surface area (TPSA) is 170 Å². The number of rotatable bonds is 14. The van der Waals surface area contributed by atoms with Gasteiger partial charge in [-0.2, -0.15) is 0 Å². The summed E-state index contributed by atoms with van der Waals surface area (Å²) in [5.74, 6) is -4.17. The lowest BCUT2D eigenvalue weighted by Crippen LogP contribution is -2.57. The molecule has 3 amide bonds. The van der Waals surface area contributed by atoms with E-state index in [1.807, 2.05) is 0 Å². The number of aliphatic carboxylic acids is 2. The third kappa shape index (κ3) is 9.16. The molecule has 11 nitrogen and oxygen atoms in total. The molecule has 0 aromatic heterocycles. The van der Waals surface area contributed by atoms with Crippen molar-refractivity contribution in [3.8, 4) is 0 Å². The molecule has 0 bridgehead atoms. The Labute approximate surface area is 212 Å². The predicted octanol–water partition coefficient (Wildman–Crippen LogP) is 1.20. The molecule has 1 aliphatic carbocycles. The molecule has 0 aromatic rings. The molecule has 2 fully saturated rings. The number of piperidine rings is 1. The van der Waals surface area contributed by atoms with Crippen LogP contribution in [0.4, 0.5) is 0 Å². The number of carbonyl (C=O) groups is 5. The van der Waals surface area contributed by atoms with E-state index >= 15 is 0 Å². The summed E-state index contributed by atoms with van der Waals surface area (Å²) in [5.41, 5.74) is 5.76. The molecule has 0 aromatic carbocycles. The van der Waals surface area contributed by atoms with Crippen LogP contribution in [0.25, 0.3) is 0 Å². The van der Waals surface area contributed by atoms with E-state index in [0.717, 1.165) is 58.0 Å². The van der Waals surface area contributed by atoms with Gasteiger partial charge in [-0.05, 0) is 64.0 Å². The van der Waals surface area contributed by atoms with Crippen LogP contribution in [0.3, 0.4) is 0 Å². The van der Waals surface area contributed by atoms with Gasteiger partial charge in [0.25, 0.3) is 0 Å². The van der Waals surface area contributed by atoms with Crippen LogP contribution in [0.5, 0.6) is 0 Å². The zero-order valence-corrected chi connectivity index (χ0v) is 21.3. The lowest BCUT2D eigenvalue weighted by atomic mass is 9.92. The van der Waals surface area contributed by atoms with Gasteiger partial charge < -0.3 is 26.2 Å². The summed E-state index contributed by atoms with van der Waals surface area (Å²) in [6.07, 6.45) is 6.91. The summed E-state index contributed by atoms with van der Waals surface area (Å²) < 4.78 is 0. The van der Waals surface area contributed by atoms with E-state index < -0.39 is 48.8 Å². The standard InChI is InChI=1S/C25H42N4O7/c1-2-28(21(30)9-5-8-17-10-12-27-13-11-17)16-22(31)29(24(34)19(26)15-23(32)33)20(25(35)36)14-18-6-3-4-7-18/h17-20,27H,2-16,26H2,1H3,(H,32,33)(H,35,36)/t19-,20-/m0/s1. The van der Waals surface area contributed by atoms with Gasteiger partial charge in [0.2, 0.25) is 17.7 Å². The fourth-order valence-corrected chi connectivity index (χ4v) is 5.27. The first-order chi connectivity index (χ1) is 17.1. The molecule has 0 spiro atoms. The fourth-order valence-electron chi connectivity index (χ4n) is 5.27. The number of imide groups is 1. The predicted molar refractivity (Wildman–Crippen MR) is 132 cm³/mol. The highest BCUT2D eigenvalue weighted by atomic mass is 16.4. The second kappa shape index (κ2) is 14.9. The maximum absolute atomic E-state index is 13.3. The Morgan fingerprint density at radius 2 is 1.61 bits per heavy atom. The molecule has 36 heavy (non-hydrogen) atoms. The van der Waals surface area contributed by atoms with Crippen LogP contribution in [0, 0.1) is 11.8 Å². The molecule has 5 N–H and O–H groups in total. The van der Waals surface area contributed by atoms with Crippen molar-refractivity contribution in [2.75, 3.05) is 26.2 Å². The number of carboxylic acids is 2. The first kappa shape index (κ1) is 29.7. The van der Waals surface area contributed by atoms with Gasteiger partial charge in [-0.3, -0.25) is 24.1 Å². The molecule has 0 unspecified atom stereocenters. The van der Waals surface area contributed by atoms with Gasteiger partial charge in [-0.15, -0.1) is 0 Å². The van der Waals surface area contributed by atoms with E-state index in [1.165, 1.54) is 4.90 Å². The molecule has 204 valence electrons. The van der Waals surface area contributed by atoms with Crippen LogP contribution in [-0.2, 0) is 24.0 Å². The lowest BCUT2D eigenvalue weighted by Gasteiger charge is -2.32. The quantitative estimate of drug-likeness (QED) is 0.268. The minimum absolute atomic E-state index is 0.0452. The van der Waals surface area contributed by atoms with Crippen LogP contribution in [0.1, 0.15) is 77.6 Å². The van der Waals surface area contributed by atoms with Crippen molar-refractivity contribution in [3.63, 3.8) is 0 Å². The second-order valence-corrected chi connectivity index (χ2v) is 10.0. The summed E-state index contributed by atoms with van der Waals surface area (Å²) >= 11 is 0. The van der Waals surface area contributed by atoms with E-state index in [1.54, 1.807) is 6.92 Å². The molecule has 2 rings (SSSR count). The van der Waals surface area contributed by atoms with Crippen molar-refractivity contribution in [2.45, 2.75) is 89.6 Å². The molecule has 1 saturated heterocycles. The van der Waals surface area contributed by atoms with E-state index in [9.17, 15) is 29.1 Å². The van der Waals surface area contributed by atoms with Gasteiger partial charge in [0, 0.05) is 13.0 Å². The minimum atomic E-state index is -1.56. The monoisotopic (exact) mass is 510 g/mol. The third-order valence-electron chi connectivity index (χ3n) is 7.37. The van der Waals surface area contributed by atoms with Crippen LogP contribution in [-0.4, -0.2) is 87.9 Å². The van der Waals surface area contributed by atoms with Gasteiger partial charge in [0.15, 0.2) is 0 Å².